The van der Waals surface area contributed by atoms with Crippen LogP contribution in [0.25, 0.3) is 0 Å². The van der Waals surface area contributed by atoms with Crippen LogP contribution in [-0.2, 0) is 15.7 Å². The molecule has 0 amide bonds. The molecule has 3 heteroatoms. The van der Waals surface area contributed by atoms with Gasteiger partial charge < -0.3 is 0 Å². The van der Waals surface area contributed by atoms with E-state index in [1.54, 1.807) is 0 Å². The molecule has 2 fully saturated rings. The van der Waals surface area contributed by atoms with E-state index in [4.69, 9.17) is 0 Å². The first-order valence-corrected chi connectivity index (χ1v) is 9.38. The molecule has 2 saturated carbocycles. The number of aliphatic hydroxyl groups is 2. The van der Waals surface area contributed by atoms with Gasteiger partial charge in [-0.3, -0.25) is 0 Å². The molecule has 0 spiro atoms. The predicted molar refractivity (Wildman–Crippen MR) is 86.4 cm³/mol. The SMILES string of the molecule is C[C@]12C=C[C@H](O)CC1=CC=C1C2CC[C@@]2(C)C1CC[C@@]2(O)[C]#[Cr]. The second-order valence-corrected chi connectivity index (χ2v) is 8.65. The monoisotopic (exact) mass is 349 g/mol. The molecule has 4 aliphatic carbocycles. The molecule has 4 rings (SSSR count). The zero-order chi connectivity index (χ0) is 16.5. The molecule has 0 aromatic rings. The van der Waals surface area contributed by atoms with E-state index < -0.39 is 5.60 Å². The van der Waals surface area contributed by atoms with Crippen molar-refractivity contribution in [2.45, 2.75) is 57.7 Å². The van der Waals surface area contributed by atoms with Crippen LogP contribution in [0.15, 0.2) is 35.5 Å². The first-order valence-electron chi connectivity index (χ1n) is 8.74. The third-order valence-corrected chi connectivity index (χ3v) is 7.95. The zero-order valence-electron chi connectivity index (χ0n) is 13.9. The van der Waals surface area contributed by atoms with Gasteiger partial charge in [-0.1, -0.05) is 0 Å². The Bertz CT molecular complexity index is 684. The summed E-state index contributed by atoms with van der Waals surface area (Å²) in [5.41, 5.74) is 2.00. The van der Waals surface area contributed by atoms with Crippen molar-refractivity contribution >= 4 is 0 Å². The summed E-state index contributed by atoms with van der Waals surface area (Å²) in [4.78, 5) is 0. The molecule has 23 heavy (non-hydrogen) atoms. The molecule has 0 heterocycles. The molecule has 0 aromatic carbocycles. The Morgan fingerprint density at radius 2 is 1.91 bits per heavy atom. The summed E-state index contributed by atoms with van der Waals surface area (Å²) in [6.07, 6.45) is 13.1. The summed E-state index contributed by atoms with van der Waals surface area (Å²) in [6.45, 7) is 4.57. The van der Waals surface area contributed by atoms with Crippen LogP contribution in [0.4, 0.5) is 0 Å². The van der Waals surface area contributed by atoms with Crippen LogP contribution in [0.1, 0.15) is 46.0 Å². The Kier molecular flexibility index (Phi) is 3.45. The number of aliphatic hydroxyl groups excluding tert-OH is 1. The molecular formula is C20H25CrO2. The second-order valence-electron chi connectivity index (χ2n) is 8.33. The van der Waals surface area contributed by atoms with Crippen molar-refractivity contribution in [1.82, 2.24) is 0 Å². The van der Waals surface area contributed by atoms with Gasteiger partial charge in [0.15, 0.2) is 0 Å². The van der Waals surface area contributed by atoms with E-state index in [0.29, 0.717) is 11.8 Å². The van der Waals surface area contributed by atoms with Crippen LogP contribution in [-0.4, -0.2) is 21.9 Å². The van der Waals surface area contributed by atoms with Gasteiger partial charge in [0.05, 0.1) is 0 Å². The van der Waals surface area contributed by atoms with Crippen LogP contribution in [0.5, 0.6) is 0 Å². The topological polar surface area (TPSA) is 40.5 Å². The van der Waals surface area contributed by atoms with Gasteiger partial charge in [-0.05, 0) is 0 Å². The number of fused-ring (bicyclic) bond motifs is 5. The fourth-order valence-electron chi connectivity index (χ4n) is 5.78. The van der Waals surface area contributed by atoms with Crippen LogP contribution in [0.3, 0.4) is 0 Å². The van der Waals surface area contributed by atoms with Crippen molar-refractivity contribution < 1.29 is 25.9 Å². The van der Waals surface area contributed by atoms with Crippen molar-refractivity contribution in [3.63, 3.8) is 0 Å². The summed E-state index contributed by atoms with van der Waals surface area (Å²) in [5, 5.41) is 21.0. The third kappa shape index (κ3) is 1.95. The van der Waals surface area contributed by atoms with E-state index in [9.17, 15) is 10.2 Å². The second kappa shape index (κ2) is 4.98. The number of hydrogen-bond acceptors (Lipinski definition) is 2. The van der Waals surface area contributed by atoms with E-state index in [2.05, 4.69) is 52.4 Å². The average molecular weight is 349 g/mol. The summed E-state index contributed by atoms with van der Waals surface area (Å²) in [7, 11) is 0. The van der Waals surface area contributed by atoms with E-state index in [1.807, 2.05) is 6.08 Å². The minimum absolute atomic E-state index is 0.0388. The molecule has 2 N–H and O–H groups in total. The molecule has 0 saturated heterocycles. The number of allylic oxidation sites excluding steroid dienone is 4. The maximum atomic E-state index is 11.0. The molecule has 0 aliphatic heterocycles. The minimum atomic E-state index is -0.799. The van der Waals surface area contributed by atoms with Crippen LogP contribution < -0.4 is 0 Å². The third-order valence-electron chi connectivity index (χ3n) is 7.42. The predicted octanol–water partition coefficient (Wildman–Crippen LogP) is 3.24. The molecule has 0 radical (unpaired) electrons. The summed E-state index contributed by atoms with van der Waals surface area (Å²) < 4.78 is 3.09. The van der Waals surface area contributed by atoms with Crippen molar-refractivity contribution in [2.24, 2.45) is 22.7 Å². The molecule has 123 valence electrons. The van der Waals surface area contributed by atoms with E-state index >= 15 is 0 Å². The van der Waals surface area contributed by atoms with Gasteiger partial charge in [-0.15, -0.1) is 0 Å². The van der Waals surface area contributed by atoms with Crippen LogP contribution >= 0.6 is 0 Å². The molecule has 2 nitrogen and oxygen atoms in total. The first-order chi connectivity index (χ1) is 10.8. The fraction of sp³-hybridized carbons (Fsp3) is 0.650. The molecule has 6 atom stereocenters. The maximum absolute atomic E-state index is 11.0. The number of rotatable bonds is 0. The van der Waals surface area contributed by atoms with Gasteiger partial charge in [0.2, 0.25) is 0 Å². The van der Waals surface area contributed by atoms with Crippen molar-refractivity contribution in [2.75, 3.05) is 0 Å². The fourth-order valence-corrected chi connectivity index (χ4v) is 6.30. The quantitative estimate of drug-likeness (QED) is 0.659. The summed E-state index contributed by atoms with van der Waals surface area (Å²) in [5.74, 6) is 0.939. The average Bonchev–Trinajstić information content (AvgIpc) is 2.80. The molecule has 4 aliphatic rings. The Labute approximate surface area is 146 Å². The molecular weight excluding hydrogens is 324 g/mol. The van der Waals surface area contributed by atoms with Gasteiger partial charge in [0, 0.05) is 0 Å². The van der Waals surface area contributed by atoms with Gasteiger partial charge in [0.25, 0.3) is 0 Å². The van der Waals surface area contributed by atoms with Crippen LogP contribution in [0, 0.1) is 27.4 Å². The van der Waals surface area contributed by atoms with E-state index in [-0.39, 0.29) is 16.9 Å². The van der Waals surface area contributed by atoms with E-state index in [1.165, 1.54) is 11.1 Å². The van der Waals surface area contributed by atoms with Gasteiger partial charge in [-0.2, -0.15) is 0 Å². The Hall–Kier alpha value is -0.548. The van der Waals surface area contributed by atoms with Gasteiger partial charge in [0.1, 0.15) is 0 Å². The Morgan fingerprint density at radius 3 is 2.65 bits per heavy atom. The van der Waals surface area contributed by atoms with Crippen LogP contribution in [0.2, 0.25) is 0 Å². The molecule has 0 aromatic heterocycles. The van der Waals surface area contributed by atoms with Crippen molar-refractivity contribution in [3.05, 3.63) is 35.5 Å². The molecule has 0 bridgehead atoms. The Morgan fingerprint density at radius 1 is 1.17 bits per heavy atom. The Balaban J connectivity index is 1.78. The van der Waals surface area contributed by atoms with Crippen molar-refractivity contribution in [3.8, 4) is 4.69 Å². The number of hydrogen-bond donors (Lipinski definition) is 2. The standard InChI is InChI=1S/C20H25O2.Cr/c1-18-9-6-14(21)12-13(18)4-5-15-16(18)7-10-19(2)17(15)8-11-20(19,3)22;/h4-6,9,14,16-17,21-22H,7-8,10-12H2,1-2H3;/t14-,16?,17?,18-,19-,20-;/m0./s1. The summed E-state index contributed by atoms with van der Waals surface area (Å²) >= 11 is 2.84. The summed E-state index contributed by atoms with van der Waals surface area (Å²) in [6, 6.07) is 0. The van der Waals surface area contributed by atoms with Gasteiger partial charge >= 0.3 is 146 Å². The van der Waals surface area contributed by atoms with Crippen molar-refractivity contribution in [1.29, 1.82) is 0 Å². The normalized spacial score (nSPS) is 51.0. The first kappa shape index (κ1) is 15.9. The molecule has 2 unspecified atom stereocenters. The zero-order valence-corrected chi connectivity index (χ0v) is 15.2. The van der Waals surface area contributed by atoms with Gasteiger partial charge in [-0.25, -0.2) is 0 Å². The van der Waals surface area contributed by atoms with E-state index in [0.717, 1.165) is 32.1 Å².